The van der Waals surface area contributed by atoms with Crippen LogP contribution in [0.15, 0.2) is 52.3 Å². The number of carbonyl (C=O) groups is 2. The normalized spacial score (nSPS) is 17.9. The molecule has 1 aliphatic carbocycles. The maximum atomic E-state index is 12.4. The number of aliphatic hydroxyl groups excluding tert-OH is 1. The van der Waals surface area contributed by atoms with Gasteiger partial charge in [-0.05, 0) is 53.0 Å². The summed E-state index contributed by atoms with van der Waals surface area (Å²) in [6, 6.07) is 1.59. The van der Waals surface area contributed by atoms with Gasteiger partial charge in [-0.3, -0.25) is 9.59 Å². The van der Waals surface area contributed by atoms with Crippen LogP contribution in [0.1, 0.15) is 45.2 Å². The molecule has 32 heavy (non-hydrogen) atoms. The Balaban J connectivity index is 2.01. The highest BCUT2D eigenvalue weighted by Gasteiger charge is 2.35. The molecule has 170 valence electrons. The van der Waals surface area contributed by atoms with Crippen molar-refractivity contribution in [1.29, 1.82) is 0 Å². The molecule has 0 aromatic heterocycles. The number of aromatic hydroxyl groups is 1. The lowest BCUT2D eigenvalue weighted by molar-refractivity contribution is -0.132. The van der Waals surface area contributed by atoms with Gasteiger partial charge in [-0.2, -0.15) is 0 Å². The van der Waals surface area contributed by atoms with Gasteiger partial charge in [0, 0.05) is 34.3 Å². The van der Waals surface area contributed by atoms with Crippen molar-refractivity contribution in [1.82, 2.24) is 0 Å². The van der Waals surface area contributed by atoms with Crippen LogP contribution in [-0.4, -0.2) is 35.5 Å². The van der Waals surface area contributed by atoms with Crippen molar-refractivity contribution < 1.29 is 29.3 Å². The zero-order valence-electron chi connectivity index (χ0n) is 19.2. The molecule has 1 atom stereocenters. The number of benzene rings is 1. The van der Waals surface area contributed by atoms with Gasteiger partial charge in [0.1, 0.15) is 23.0 Å². The fraction of sp³-hybridized carbons (Fsp3) is 0.385. The molecular formula is C26H30O6. The van der Waals surface area contributed by atoms with Crippen LogP contribution in [0.4, 0.5) is 0 Å². The second kappa shape index (κ2) is 9.47. The number of ether oxygens (including phenoxy) is 2. The number of fused-ring (bicyclic) bond motifs is 1. The van der Waals surface area contributed by atoms with Gasteiger partial charge in [-0.1, -0.05) is 23.3 Å². The first-order chi connectivity index (χ1) is 15.1. The standard InChI is InChI=1S/C26H30O6/c1-14(2)6-8-17-21(27)12-23-20(26(17)31-5)10-16(13-32-23)19-11-22(28)25(30)18(24(19)29)9-7-15(3)4/h6-7,11-12,16,27,29H,8-10,13H2,1-5H3/t16-/m0/s1. The third-order valence-electron chi connectivity index (χ3n) is 5.73. The van der Waals surface area contributed by atoms with Crippen LogP contribution in [-0.2, 0) is 22.4 Å². The molecule has 2 N–H and O–H groups in total. The minimum absolute atomic E-state index is 0.0981. The number of Topliss-reactive ketones (excluding diaryl/α,β-unsaturated/α-hetero) is 1. The summed E-state index contributed by atoms with van der Waals surface area (Å²) in [4.78, 5) is 24.7. The Morgan fingerprint density at radius 1 is 1.12 bits per heavy atom. The number of rotatable bonds is 6. The Bertz CT molecular complexity index is 1080. The molecule has 0 fully saturated rings. The highest BCUT2D eigenvalue weighted by atomic mass is 16.5. The van der Waals surface area contributed by atoms with E-state index >= 15 is 0 Å². The third kappa shape index (κ3) is 4.64. The lowest BCUT2D eigenvalue weighted by Crippen LogP contribution is -2.29. The monoisotopic (exact) mass is 438 g/mol. The Morgan fingerprint density at radius 2 is 1.78 bits per heavy atom. The third-order valence-corrected chi connectivity index (χ3v) is 5.73. The first-order valence-electron chi connectivity index (χ1n) is 10.7. The van der Waals surface area contributed by atoms with Gasteiger partial charge in [0.2, 0.25) is 11.6 Å². The van der Waals surface area contributed by atoms with Crippen LogP contribution in [0.5, 0.6) is 17.2 Å². The summed E-state index contributed by atoms with van der Waals surface area (Å²) in [5, 5.41) is 21.4. The number of carbonyl (C=O) groups excluding carboxylic acids is 2. The molecule has 0 saturated carbocycles. The number of hydrogen-bond donors (Lipinski definition) is 2. The Morgan fingerprint density at radius 3 is 2.41 bits per heavy atom. The Hall–Kier alpha value is -3.28. The fourth-order valence-corrected chi connectivity index (χ4v) is 3.99. The van der Waals surface area contributed by atoms with Gasteiger partial charge in [0.25, 0.3) is 0 Å². The zero-order valence-corrected chi connectivity index (χ0v) is 19.2. The summed E-state index contributed by atoms with van der Waals surface area (Å²) >= 11 is 0. The number of aliphatic hydroxyl groups is 1. The first-order valence-corrected chi connectivity index (χ1v) is 10.7. The first kappa shape index (κ1) is 23.4. The molecule has 0 unspecified atom stereocenters. The molecular weight excluding hydrogens is 408 g/mol. The molecule has 6 nitrogen and oxygen atoms in total. The fourth-order valence-electron chi connectivity index (χ4n) is 3.99. The molecule has 2 aliphatic rings. The maximum Gasteiger partial charge on any atom is 0.232 e. The van der Waals surface area contributed by atoms with Gasteiger partial charge in [-0.15, -0.1) is 0 Å². The molecule has 0 radical (unpaired) electrons. The molecule has 0 spiro atoms. The van der Waals surface area contributed by atoms with Crippen molar-refractivity contribution in [3.8, 4) is 17.2 Å². The smallest absolute Gasteiger partial charge is 0.232 e. The number of hydrogen-bond acceptors (Lipinski definition) is 6. The molecule has 1 aromatic rings. The van der Waals surface area contributed by atoms with Gasteiger partial charge in [0.15, 0.2) is 0 Å². The predicted octanol–water partition coefficient (Wildman–Crippen LogP) is 4.71. The van der Waals surface area contributed by atoms with Crippen molar-refractivity contribution in [2.75, 3.05) is 13.7 Å². The van der Waals surface area contributed by atoms with E-state index in [1.54, 1.807) is 13.2 Å². The van der Waals surface area contributed by atoms with Gasteiger partial charge < -0.3 is 19.7 Å². The topological polar surface area (TPSA) is 93.1 Å². The number of phenolic OH excluding ortho intramolecular Hbond substituents is 1. The highest BCUT2D eigenvalue weighted by molar-refractivity contribution is 6.48. The average molecular weight is 439 g/mol. The van der Waals surface area contributed by atoms with Crippen LogP contribution >= 0.6 is 0 Å². The van der Waals surface area contributed by atoms with Crippen molar-refractivity contribution in [2.24, 2.45) is 5.92 Å². The summed E-state index contributed by atoms with van der Waals surface area (Å²) in [6.45, 7) is 7.96. The average Bonchev–Trinajstić information content (AvgIpc) is 2.73. The van der Waals surface area contributed by atoms with E-state index in [2.05, 4.69) is 0 Å². The lowest BCUT2D eigenvalue weighted by atomic mass is 9.82. The summed E-state index contributed by atoms with van der Waals surface area (Å²) in [6.07, 6.45) is 6.18. The Kier molecular flexibility index (Phi) is 6.92. The molecule has 6 heteroatoms. The minimum atomic E-state index is -0.674. The molecule has 1 aliphatic heterocycles. The Labute approximate surface area is 188 Å². The number of allylic oxidation sites excluding steroid dienone is 7. The molecule has 0 bridgehead atoms. The molecule has 1 heterocycles. The van der Waals surface area contributed by atoms with E-state index in [1.807, 2.05) is 39.8 Å². The van der Waals surface area contributed by atoms with Crippen molar-refractivity contribution in [3.63, 3.8) is 0 Å². The SMILES string of the molecule is COc1c(CC=C(C)C)c(O)cc2c1C[C@H](C1=CC(=O)C(=O)C(CC=C(C)C)=C1O)CO2. The van der Waals surface area contributed by atoms with E-state index in [1.165, 1.54) is 6.08 Å². The summed E-state index contributed by atoms with van der Waals surface area (Å²) in [5.74, 6) is -0.642. The summed E-state index contributed by atoms with van der Waals surface area (Å²) in [7, 11) is 1.54. The molecule has 3 rings (SSSR count). The quantitative estimate of drug-likeness (QED) is 0.380. The van der Waals surface area contributed by atoms with E-state index in [0.29, 0.717) is 35.5 Å². The predicted molar refractivity (Wildman–Crippen MR) is 122 cm³/mol. The molecule has 0 saturated heterocycles. The van der Waals surface area contributed by atoms with E-state index in [-0.39, 0.29) is 36.0 Å². The number of methoxy groups -OCH3 is 1. The summed E-state index contributed by atoms with van der Waals surface area (Å²) < 4.78 is 11.6. The van der Waals surface area contributed by atoms with Crippen LogP contribution in [0, 0.1) is 5.92 Å². The van der Waals surface area contributed by atoms with Crippen molar-refractivity contribution in [3.05, 3.63) is 63.5 Å². The minimum Gasteiger partial charge on any atom is -0.507 e. The van der Waals surface area contributed by atoms with Gasteiger partial charge >= 0.3 is 0 Å². The van der Waals surface area contributed by atoms with Crippen molar-refractivity contribution in [2.45, 2.75) is 47.0 Å². The lowest BCUT2D eigenvalue weighted by Gasteiger charge is -2.30. The maximum absolute atomic E-state index is 12.4. The molecule has 1 aromatic carbocycles. The van der Waals surface area contributed by atoms with Crippen LogP contribution in [0.3, 0.4) is 0 Å². The van der Waals surface area contributed by atoms with E-state index in [4.69, 9.17) is 9.47 Å². The van der Waals surface area contributed by atoms with Gasteiger partial charge in [0.05, 0.1) is 13.7 Å². The molecule has 0 amide bonds. The van der Waals surface area contributed by atoms with E-state index in [0.717, 1.165) is 16.7 Å². The largest absolute Gasteiger partial charge is 0.507 e. The highest BCUT2D eigenvalue weighted by Crippen LogP contribution is 2.44. The van der Waals surface area contributed by atoms with Crippen molar-refractivity contribution >= 4 is 11.6 Å². The zero-order chi connectivity index (χ0) is 23.6. The summed E-state index contributed by atoms with van der Waals surface area (Å²) in [5.41, 5.74) is 4.05. The van der Waals surface area contributed by atoms with Gasteiger partial charge in [-0.25, -0.2) is 0 Å². The van der Waals surface area contributed by atoms with E-state index in [9.17, 15) is 19.8 Å². The number of ketones is 2. The second-order valence-electron chi connectivity index (χ2n) is 8.69. The number of phenols is 1. The second-order valence-corrected chi connectivity index (χ2v) is 8.69. The van der Waals surface area contributed by atoms with Crippen LogP contribution in [0.2, 0.25) is 0 Å². The van der Waals surface area contributed by atoms with Crippen LogP contribution in [0.25, 0.3) is 0 Å². The van der Waals surface area contributed by atoms with Crippen LogP contribution < -0.4 is 9.47 Å². The van der Waals surface area contributed by atoms with E-state index < -0.39 is 11.6 Å².